The van der Waals surface area contributed by atoms with Gasteiger partial charge in [-0.1, -0.05) is 12.2 Å². The third kappa shape index (κ3) is 1.33. The normalized spacial score (nSPS) is 17.6. The van der Waals surface area contributed by atoms with Gasteiger partial charge < -0.3 is 0 Å². The van der Waals surface area contributed by atoms with Crippen molar-refractivity contribution in [2.75, 3.05) is 0 Å². The van der Waals surface area contributed by atoms with E-state index in [1.165, 1.54) is 4.90 Å². The van der Waals surface area contributed by atoms with Gasteiger partial charge in [0.1, 0.15) is 6.33 Å². The molecule has 0 atom stereocenters. The van der Waals surface area contributed by atoms with Gasteiger partial charge in [-0.2, -0.15) is 10.9 Å². The molecule has 0 amide bonds. The Morgan fingerprint density at radius 2 is 1.64 bits per heavy atom. The van der Waals surface area contributed by atoms with Crippen molar-refractivity contribution in [1.29, 1.82) is 0 Å². The maximum Gasteiger partial charge on any atom is 0.115 e. The Bertz CT molecular complexity index is 280. The molecule has 0 fully saturated rings. The summed E-state index contributed by atoms with van der Waals surface area (Å²) in [5, 5.41) is 4.38. The van der Waals surface area contributed by atoms with Crippen LogP contribution in [-0.2, 0) is 0 Å². The van der Waals surface area contributed by atoms with Crippen LogP contribution in [0.5, 0.6) is 0 Å². The van der Waals surface area contributed by atoms with Crippen molar-refractivity contribution in [2.45, 2.75) is 4.90 Å². The van der Waals surface area contributed by atoms with Gasteiger partial charge >= 0.3 is 0 Å². The molecule has 0 N–H and O–H groups in total. The van der Waals surface area contributed by atoms with Crippen LogP contribution in [0, 0.1) is 0 Å². The first kappa shape index (κ1) is 6.61. The first-order valence-electron chi connectivity index (χ1n) is 3.35. The van der Waals surface area contributed by atoms with Crippen LogP contribution in [0.4, 0.5) is 0 Å². The largest absolute Gasteiger partial charge is 0.244 e. The van der Waals surface area contributed by atoms with Crippen LogP contribution in [0.15, 0.2) is 46.6 Å². The lowest BCUT2D eigenvalue weighted by Crippen LogP contribution is -1.79. The molecule has 1 aromatic heterocycles. The summed E-state index contributed by atoms with van der Waals surface area (Å²) >= 11 is 0. The molecule has 0 spiro atoms. The van der Waals surface area contributed by atoms with E-state index in [2.05, 4.69) is 32.9 Å². The standard InChI is InChI=1S/C8H8N2S/c1-2-4-11(3-1)8-5-9-7-10-6-8/h1-7,11H. The molecule has 0 saturated carbocycles. The van der Waals surface area contributed by atoms with E-state index in [9.17, 15) is 0 Å². The molecule has 0 saturated heterocycles. The molecule has 1 aromatic rings. The lowest BCUT2D eigenvalue weighted by molar-refractivity contribution is 1.10. The summed E-state index contributed by atoms with van der Waals surface area (Å²) in [7, 11) is -0.226. The molecule has 0 radical (unpaired) electrons. The Kier molecular flexibility index (Phi) is 1.73. The number of rotatable bonds is 1. The van der Waals surface area contributed by atoms with Crippen molar-refractivity contribution in [1.82, 2.24) is 9.97 Å². The molecular formula is C8H8N2S. The van der Waals surface area contributed by atoms with E-state index < -0.39 is 0 Å². The fraction of sp³-hybridized carbons (Fsp3) is 0. The van der Waals surface area contributed by atoms with Gasteiger partial charge in [0.25, 0.3) is 0 Å². The first-order chi connectivity index (χ1) is 5.47. The highest BCUT2D eigenvalue weighted by molar-refractivity contribution is 8.22. The zero-order valence-corrected chi connectivity index (χ0v) is 6.78. The van der Waals surface area contributed by atoms with Gasteiger partial charge in [0.05, 0.1) is 0 Å². The molecule has 56 valence electrons. The number of nitrogens with zero attached hydrogens (tertiary/aromatic N) is 2. The Labute approximate surface area is 68.0 Å². The van der Waals surface area contributed by atoms with Crippen LogP contribution in [0.2, 0.25) is 0 Å². The molecule has 0 bridgehead atoms. The lowest BCUT2D eigenvalue weighted by Gasteiger charge is -2.06. The smallest absolute Gasteiger partial charge is 0.115 e. The Hall–Kier alpha value is -1.09. The average Bonchev–Trinajstić information content (AvgIpc) is 2.58. The number of thiol groups is 1. The van der Waals surface area contributed by atoms with Crippen molar-refractivity contribution >= 4 is 10.9 Å². The molecule has 1 aliphatic heterocycles. The number of aromatic nitrogens is 2. The Morgan fingerprint density at radius 3 is 2.27 bits per heavy atom. The minimum Gasteiger partial charge on any atom is -0.244 e. The molecule has 2 heterocycles. The second-order valence-electron chi connectivity index (χ2n) is 2.19. The monoisotopic (exact) mass is 164 g/mol. The van der Waals surface area contributed by atoms with Crippen molar-refractivity contribution in [2.24, 2.45) is 0 Å². The van der Waals surface area contributed by atoms with E-state index >= 15 is 0 Å². The quantitative estimate of drug-likeness (QED) is 0.641. The number of hydrogen-bond donors (Lipinski definition) is 1. The number of allylic oxidation sites excluding steroid dienone is 2. The van der Waals surface area contributed by atoms with Gasteiger partial charge in [-0.15, -0.1) is 0 Å². The van der Waals surface area contributed by atoms with E-state index in [-0.39, 0.29) is 10.9 Å². The predicted octanol–water partition coefficient (Wildman–Crippen LogP) is 1.88. The van der Waals surface area contributed by atoms with Gasteiger partial charge in [0.15, 0.2) is 0 Å². The number of hydrogen-bond acceptors (Lipinski definition) is 2. The Balaban J connectivity index is 2.30. The van der Waals surface area contributed by atoms with Crippen LogP contribution >= 0.6 is 10.9 Å². The molecular weight excluding hydrogens is 156 g/mol. The first-order valence-corrected chi connectivity index (χ1v) is 4.83. The molecule has 0 unspecified atom stereocenters. The maximum absolute atomic E-state index is 3.97. The van der Waals surface area contributed by atoms with E-state index in [4.69, 9.17) is 0 Å². The molecule has 2 rings (SSSR count). The molecule has 3 heteroatoms. The fourth-order valence-corrected chi connectivity index (χ4v) is 2.34. The summed E-state index contributed by atoms with van der Waals surface area (Å²) in [4.78, 5) is 9.15. The summed E-state index contributed by atoms with van der Waals surface area (Å²) in [5.41, 5.74) is 0. The minimum atomic E-state index is -0.226. The van der Waals surface area contributed by atoms with E-state index in [0.717, 1.165) is 0 Å². The van der Waals surface area contributed by atoms with Crippen LogP contribution in [0.3, 0.4) is 0 Å². The van der Waals surface area contributed by atoms with Crippen LogP contribution in [0.1, 0.15) is 0 Å². The molecule has 0 aromatic carbocycles. The lowest BCUT2D eigenvalue weighted by atomic mass is 10.6. The zero-order valence-electron chi connectivity index (χ0n) is 5.88. The van der Waals surface area contributed by atoms with Crippen LogP contribution in [-0.4, -0.2) is 9.97 Å². The molecule has 2 nitrogen and oxygen atoms in total. The van der Waals surface area contributed by atoms with E-state index in [0.29, 0.717) is 0 Å². The second kappa shape index (κ2) is 2.88. The van der Waals surface area contributed by atoms with Crippen LogP contribution < -0.4 is 0 Å². The van der Waals surface area contributed by atoms with Gasteiger partial charge in [-0.05, 0) is 10.8 Å². The Morgan fingerprint density at radius 1 is 1.00 bits per heavy atom. The topological polar surface area (TPSA) is 25.8 Å². The highest BCUT2D eigenvalue weighted by Crippen LogP contribution is 2.40. The summed E-state index contributed by atoms with van der Waals surface area (Å²) in [6, 6.07) is 0. The minimum absolute atomic E-state index is 0.226. The summed E-state index contributed by atoms with van der Waals surface area (Å²) < 4.78 is 0. The SMILES string of the molecule is C1=C[SH](c2cncnc2)C=C1. The van der Waals surface area contributed by atoms with Gasteiger partial charge in [-0.3, -0.25) is 0 Å². The predicted molar refractivity (Wildman–Crippen MR) is 47.6 cm³/mol. The summed E-state index contributed by atoms with van der Waals surface area (Å²) in [6.07, 6.45) is 9.44. The van der Waals surface area contributed by atoms with Crippen molar-refractivity contribution in [3.63, 3.8) is 0 Å². The molecule has 11 heavy (non-hydrogen) atoms. The highest BCUT2D eigenvalue weighted by Gasteiger charge is 2.01. The molecule has 0 aliphatic carbocycles. The van der Waals surface area contributed by atoms with Gasteiger partial charge in [0, 0.05) is 17.3 Å². The highest BCUT2D eigenvalue weighted by atomic mass is 32.2. The summed E-state index contributed by atoms with van der Waals surface area (Å²) in [6.45, 7) is 0. The third-order valence-corrected chi connectivity index (χ3v) is 3.26. The zero-order chi connectivity index (χ0) is 7.52. The maximum atomic E-state index is 3.97. The van der Waals surface area contributed by atoms with Gasteiger partial charge in [-0.25, -0.2) is 9.97 Å². The second-order valence-corrected chi connectivity index (χ2v) is 4.11. The fourth-order valence-electron chi connectivity index (χ4n) is 0.931. The van der Waals surface area contributed by atoms with Gasteiger partial charge in [0.2, 0.25) is 0 Å². The molecule has 1 aliphatic rings. The van der Waals surface area contributed by atoms with E-state index in [1.54, 1.807) is 6.33 Å². The van der Waals surface area contributed by atoms with Crippen molar-refractivity contribution in [3.8, 4) is 0 Å². The van der Waals surface area contributed by atoms with Crippen LogP contribution in [0.25, 0.3) is 0 Å². The van der Waals surface area contributed by atoms with Crippen molar-refractivity contribution < 1.29 is 0 Å². The summed E-state index contributed by atoms with van der Waals surface area (Å²) in [5.74, 6) is 0. The average molecular weight is 164 g/mol. The van der Waals surface area contributed by atoms with Crippen molar-refractivity contribution in [3.05, 3.63) is 41.7 Å². The van der Waals surface area contributed by atoms with E-state index in [1.807, 2.05) is 12.4 Å². The third-order valence-electron chi connectivity index (χ3n) is 1.45.